The molecular weight excluding hydrogens is 270 g/mol. The summed E-state index contributed by atoms with van der Waals surface area (Å²) in [7, 11) is 0. The summed E-state index contributed by atoms with van der Waals surface area (Å²) in [6.07, 6.45) is 3.86. The second-order valence-electron chi connectivity index (χ2n) is 4.96. The van der Waals surface area contributed by atoms with Crippen LogP contribution in [0.2, 0.25) is 5.02 Å². The average molecular weight is 286 g/mol. The van der Waals surface area contributed by atoms with Gasteiger partial charge in [-0.05, 0) is 41.8 Å². The molecule has 1 aromatic carbocycles. The second kappa shape index (κ2) is 5.27. The van der Waals surface area contributed by atoms with Gasteiger partial charge in [0.1, 0.15) is 5.65 Å². The van der Waals surface area contributed by atoms with Crippen molar-refractivity contribution in [2.75, 3.05) is 0 Å². The number of nitrogens with zero attached hydrogens (tertiary/aromatic N) is 2. The zero-order valence-electron chi connectivity index (χ0n) is 11.3. The Hall–Kier alpha value is -1.84. The molecule has 0 amide bonds. The van der Waals surface area contributed by atoms with Gasteiger partial charge < -0.3 is 10.3 Å². The number of halogens is 1. The molecule has 4 heteroatoms. The van der Waals surface area contributed by atoms with E-state index in [4.69, 9.17) is 17.3 Å². The van der Waals surface area contributed by atoms with Crippen molar-refractivity contribution >= 4 is 22.6 Å². The highest BCUT2D eigenvalue weighted by atomic mass is 35.5. The molecule has 0 unspecified atom stereocenters. The standard InChI is InChI=1S/C16H16ClN3/c1-11-4-5-12(15(17)7-11)9-20-10-13(8-18)14-3-2-6-19-16(14)20/h2-7,10H,8-9,18H2,1H3. The van der Waals surface area contributed by atoms with Gasteiger partial charge in [0.2, 0.25) is 0 Å². The van der Waals surface area contributed by atoms with Crippen molar-refractivity contribution < 1.29 is 0 Å². The fourth-order valence-corrected chi connectivity index (χ4v) is 2.74. The maximum Gasteiger partial charge on any atom is 0.140 e. The monoisotopic (exact) mass is 285 g/mol. The number of fused-ring (bicyclic) bond motifs is 1. The minimum Gasteiger partial charge on any atom is -0.328 e. The van der Waals surface area contributed by atoms with Gasteiger partial charge in [0.05, 0.1) is 6.54 Å². The van der Waals surface area contributed by atoms with Crippen molar-refractivity contribution in [2.45, 2.75) is 20.0 Å². The van der Waals surface area contributed by atoms with E-state index in [1.807, 2.05) is 19.1 Å². The van der Waals surface area contributed by atoms with Crippen molar-refractivity contribution in [3.8, 4) is 0 Å². The highest BCUT2D eigenvalue weighted by Crippen LogP contribution is 2.23. The number of hydrogen-bond donors (Lipinski definition) is 1. The van der Waals surface area contributed by atoms with Crippen LogP contribution in [0.15, 0.2) is 42.7 Å². The maximum atomic E-state index is 6.31. The third-order valence-electron chi connectivity index (χ3n) is 3.49. The van der Waals surface area contributed by atoms with Crippen LogP contribution in [-0.2, 0) is 13.1 Å². The number of nitrogens with two attached hydrogens (primary N) is 1. The summed E-state index contributed by atoms with van der Waals surface area (Å²) >= 11 is 6.31. The Bertz CT molecular complexity index is 762. The molecule has 0 atom stereocenters. The Labute approximate surface area is 123 Å². The summed E-state index contributed by atoms with van der Waals surface area (Å²) in [6.45, 7) is 3.25. The van der Waals surface area contributed by atoms with Gasteiger partial charge in [-0.25, -0.2) is 4.98 Å². The summed E-state index contributed by atoms with van der Waals surface area (Å²) in [4.78, 5) is 4.46. The topological polar surface area (TPSA) is 43.8 Å². The molecule has 2 aromatic heterocycles. The zero-order chi connectivity index (χ0) is 14.1. The number of aromatic nitrogens is 2. The molecule has 0 bridgehead atoms. The predicted octanol–water partition coefficient (Wildman–Crippen LogP) is 3.51. The smallest absolute Gasteiger partial charge is 0.140 e. The van der Waals surface area contributed by atoms with Crippen LogP contribution in [-0.4, -0.2) is 9.55 Å². The summed E-state index contributed by atoms with van der Waals surface area (Å²) in [5.41, 5.74) is 10.1. The lowest BCUT2D eigenvalue weighted by Crippen LogP contribution is -2.00. The molecule has 2 heterocycles. The molecule has 0 saturated heterocycles. The SMILES string of the molecule is Cc1ccc(Cn2cc(CN)c3cccnc32)c(Cl)c1. The quantitative estimate of drug-likeness (QED) is 0.800. The van der Waals surface area contributed by atoms with Crippen molar-refractivity contribution in [2.24, 2.45) is 5.73 Å². The predicted molar refractivity (Wildman–Crippen MR) is 82.9 cm³/mol. The Morgan fingerprint density at radius 3 is 2.85 bits per heavy atom. The number of pyridine rings is 1. The van der Waals surface area contributed by atoms with E-state index in [1.165, 1.54) is 0 Å². The molecular formula is C16H16ClN3. The van der Waals surface area contributed by atoms with Crippen LogP contribution < -0.4 is 5.73 Å². The first-order valence-corrected chi connectivity index (χ1v) is 6.94. The Balaban J connectivity index is 2.06. The van der Waals surface area contributed by atoms with Gasteiger partial charge in [-0.2, -0.15) is 0 Å². The molecule has 20 heavy (non-hydrogen) atoms. The van der Waals surface area contributed by atoms with Crippen molar-refractivity contribution in [1.82, 2.24) is 9.55 Å². The van der Waals surface area contributed by atoms with E-state index in [9.17, 15) is 0 Å². The summed E-state index contributed by atoms with van der Waals surface area (Å²) in [5.74, 6) is 0. The molecule has 0 saturated carbocycles. The van der Waals surface area contributed by atoms with Crippen LogP contribution >= 0.6 is 11.6 Å². The van der Waals surface area contributed by atoms with E-state index < -0.39 is 0 Å². The number of aryl methyl sites for hydroxylation is 1. The first kappa shape index (κ1) is 13.2. The largest absolute Gasteiger partial charge is 0.328 e. The molecule has 0 spiro atoms. The van der Waals surface area contributed by atoms with Gasteiger partial charge in [0.15, 0.2) is 0 Å². The molecule has 0 aliphatic rings. The third-order valence-corrected chi connectivity index (χ3v) is 3.84. The van der Waals surface area contributed by atoms with Crippen molar-refractivity contribution in [3.63, 3.8) is 0 Å². The molecule has 102 valence electrons. The van der Waals surface area contributed by atoms with Crippen LogP contribution in [0.4, 0.5) is 0 Å². The summed E-state index contributed by atoms with van der Waals surface area (Å²) in [6, 6.07) is 10.1. The van der Waals surface area contributed by atoms with E-state index >= 15 is 0 Å². The van der Waals surface area contributed by atoms with Gasteiger partial charge in [-0.3, -0.25) is 0 Å². The lowest BCUT2D eigenvalue weighted by Gasteiger charge is -2.07. The maximum absolute atomic E-state index is 6.31. The molecule has 0 aliphatic carbocycles. The molecule has 3 aromatic rings. The van der Waals surface area contributed by atoms with Crippen LogP contribution in [0, 0.1) is 6.92 Å². The van der Waals surface area contributed by atoms with E-state index in [0.29, 0.717) is 13.1 Å². The number of rotatable bonds is 3. The van der Waals surface area contributed by atoms with Crippen molar-refractivity contribution in [3.05, 3.63) is 64.4 Å². The normalized spacial score (nSPS) is 11.2. The Morgan fingerprint density at radius 2 is 2.10 bits per heavy atom. The minimum atomic E-state index is 0.511. The Morgan fingerprint density at radius 1 is 1.25 bits per heavy atom. The van der Waals surface area contributed by atoms with Crippen LogP contribution in [0.25, 0.3) is 11.0 Å². The molecule has 3 rings (SSSR count). The molecule has 3 nitrogen and oxygen atoms in total. The highest BCUT2D eigenvalue weighted by molar-refractivity contribution is 6.31. The van der Waals surface area contributed by atoms with E-state index in [-0.39, 0.29) is 0 Å². The molecule has 0 radical (unpaired) electrons. The van der Waals surface area contributed by atoms with Crippen LogP contribution in [0.5, 0.6) is 0 Å². The zero-order valence-corrected chi connectivity index (χ0v) is 12.1. The third kappa shape index (κ3) is 2.30. The lowest BCUT2D eigenvalue weighted by molar-refractivity contribution is 0.819. The summed E-state index contributed by atoms with van der Waals surface area (Å²) in [5, 5.41) is 1.90. The number of benzene rings is 1. The van der Waals surface area contributed by atoms with E-state index in [2.05, 4.69) is 33.9 Å². The molecule has 0 aliphatic heterocycles. The van der Waals surface area contributed by atoms with Crippen LogP contribution in [0.1, 0.15) is 16.7 Å². The lowest BCUT2D eigenvalue weighted by atomic mass is 10.1. The van der Waals surface area contributed by atoms with Gasteiger partial charge in [0, 0.05) is 29.3 Å². The molecule has 2 N–H and O–H groups in total. The Kier molecular flexibility index (Phi) is 3.47. The van der Waals surface area contributed by atoms with Crippen molar-refractivity contribution in [1.29, 1.82) is 0 Å². The van der Waals surface area contributed by atoms with Gasteiger partial charge in [0.25, 0.3) is 0 Å². The first-order chi connectivity index (χ1) is 9.69. The van der Waals surface area contributed by atoms with E-state index in [0.717, 1.165) is 32.7 Å². The number of hydrogen-bond acceptors (Lipinski definition) is 2. The van der Waals surface area contributed by atoms with E-state index in [1.54, 1.807) is 6.20 Å². The highest BCUT2D eigenvalue weighted by Gasteiger charge is 2.09. The fraction of sp³-hybridized carbons (Fsp3) is 0.188. The molecule has 0 fully saturated rings. The van der Waals surface area contributed by atoms with Gasteiger partial charge >= 0.3 is 0 Å². The van der Waals surface area contributed by atoms with Gasteiger partial charge in [-0.1, -0.05) is 23.7 Å². The first-order valence-electron chi connectivity index (χ1n) is 6.57. The average Bonchev–Trinajstić information content (AvgIpc) is 2.80. The minimum absolute atomic E-state index is 0.511. The van der Waals surface area contributed by atoms with Gasteiger partial charge in [-0.15, -0.1) is 0 Å². The summed E-state index contributed by atoms with van der Waals surface area (Å²) < 4.78 is 2.11. The van der Waals surface area contributed by atoms with Crippen LogP contribution in [0.3, 0.4) is 0 Å². The second-order valence-corrected chi connectivity index (χ2v) is 5.36. The fourth-order valence-electron chi connectivity index (χ4n) is 2.44.